The summed E-state index contributed by atoms with van der Waals surface area (Å²) in [5.41, 5.74) is 1.31. The summed E-state index contributed by atoms with van der Waals surface area (Å²) in [6.07, 6.45) is 3.57. The van der Waals surface area contributed by atoms with Crippen LogP contribution in [0.4, 0.5) is 10.8 Å². The number of carbonyl (C=O) groups is 2. The van der Waals surface area contributed by atoms with Gasteiger partial charge in [-0.2, -0.15) is 0 Å². The molecule has 1 saturated heterocycles. The minimum atomic E-state index is -4.14. The highest BCUT2D eigenvalue weighted by atomic mass is 32.2. The maximum absolute atomic E-state index is 13.2. The highest BCUT2D eigenvalue weighted by molar-refractivity contribution is 7.92. The standard InChI is InChI=1S/C24H26N4O7S2/c1-14-21(36-24(26-14)27-20(29)11-15-7-9-35-10-8-15)17-12-19(22(34-2)25-13-17)37(32,33)28-18-5-3-16(4-6-18)23(30)31/h3-6,12-13,15,28H,7-11H2,1-2H3,(H,30,31)(H,26,27,29). The molecule has 196 valence electrons. The Bertz CT molecular complexity index is 1400. The Morgan fingerprint density at radius 2 is 1.92 bits per heavy atom. The fraction of sp³-hybridized carbons (Fsp3) is 0.333. The number of thiazole rings is 1. The van der Waals surface area contributed by atoms with Gasteiger partial charge in [0.2, 0.25) is 11.8 Å². The van der Waals surface area contributed by atoms with Crippen molar-refractivity contribution in [1.29, 1.82) is 0 Å². The summed E-state index contributed by atoms with van der Waals surface area (Å²) < 4.78 is 39.3. The number of aromatic nitrogens is 2. The highest BCUT2D eigenvalue weighted by Crippen LogP contribution is 2.36. The van der Waals surface area contributed by atoms with Gasteiger partial charge in [-0.3, -0.25) is 9.52 Å². The van der Waals surface area contributed by atoms with Crippen molar-refractivity contribution < 1.29 is 32.6 Å². The van der Waals surface area contributed by atoms with Crippen molar-refractivity contribution in [3.05, 3.63) is 47.8 Å². The molecule has 3 aromatic rings. The first-order valence-corrected chi connectivity index (χ1v) is 13.7. The first-order chi connectivity index (χ1) is 17.7. The highest BCUT2D eigenvalue weighted by Gasteiger charge is 2.24. The van der Waals surface area contributed by atoms with E-state index in [1.54, 1.807) is 6.92 Å². The summed E-state index contributed by atoms with van der Waals surface area (Å²) in [6, 6.07) is 6.73. The number of sulfonamides is 1. The number of hydrogen-bond donors (Lipinski definition) is 3. The van der Waals surface area contributed by atoms with Crippen molar-refractivity contribution in [3.8, 4) is 16.3 Å². The zero-order valence-corrected chi connectivity index (χ0v) is 21.8. The van der Waals surface area contributed by atoms with Gasteiger partial charge in [-0.25, -0.2) is 23.2 Å². The smallest absolute Gasteiger partial charge is 0.335 e. The minimum absolute atomic E-state index is 0.0283. The summed E-state index contributed by atoms with van der Waals surface area (Å²) >= 11 is 1.22. The molecule has 0 atom stereocenters. The second-order valence-corrected chi connectivity index (χ2v) is 11.1. The van der Waals surface area contributed by atoms with Gasteiger partial charge in [0.15, 0.2) is 5.13 Å². The van der Waals surface area contributed by atoms with E-state index in [1.165, 1.54) is 55.0 Å². The van der Waals surface area contributed by atoms with Crippen molar-refractivity contribution in [3.63, 3.8) is 0 Å². The van der Waals surface area contributed by atoms with Crippen LogP contribution in [0.15, 0.2) is 41.4 Å². The second kappa shape index (κ2) is 11.2. The number of pyridine rings is 1. The lowest BCUT2D eigenvalue weighted by Gasteiger charge is -2.20. The van der Waals surface area contributed by atoms with Crippen LogP contribution in [0.25, 0.3) is 10.4 Å². The number of aryl methyl sites for hydroxylation is 1. The molecular weight excluding hydrogens is 520 g/mol. The van der Waals surface area contributed by atoms with Gasteiger partial charge in [0.1, 0.15) is 4.90 Å². The van der Waals surface area contributed by atoms with Gasteiger partial charge in [-0.15, -0.1) is 0 Å². The quantitative estimate of drug-likeness (QED) is 0.363. The van der Waals surface area contributed by atoms with E-state index in [-0.39, 0.29) is 33.9 Å². The van der Waals surface area contributed by atoms with Gasteiger partial charge in [0.05, 0.1) is 23.2 Å². The van der Waals surface area contributed by atoms with Crippen LogP contribution in [0.3, 0.4) is 0 Å². The molecule has 3 N–H and O–H groups in total. The number of nitrogens with one attached hydrogen (secondary N) is 2. The number of rotatable bonds is 9. The predicted molar refractivity (Wildman–Crippen MR) is 138 cm³/mol. The molecule has 0 unspecified atom stereocenters. The summed E-state index contributed by atoms with van der Waals surface area (Å²) in [4.78, 5) is 32.6. The Labute approximate surface area is 217 Å². The monoisotopic (exact) mass is 546 g/mol. The molecular formula is C24H26N4O7S2. The van der Waals surface area contributed by atoms with E-state index >= 15 is 0 Å². The number of carboxylic acid groups (broad SMARTS) is 1. The van der Waals surface area contributed by atoms with Crippen LogP contribution in [-0.2, 0) is 19.6 Å². The number of hydrogen-bond acceptors (Lipinski definition) is 9. The number of methoxy groups -OCH3 is 1. The maximum atomic E-state index is 13.2. The van der Waals surface area contributed by atoms with Crippen molar-refractivity contribution in [2.45, 2.75) is 31.1 Å². The van der Waals surface area contributed by atoms with Gasteiger partial charge in [-0.05, 0) is 56.0 Å². The molecule has 11 nitrogen and oxygen atoms in total. The average Bonchev–Trinajstić information content (AvgIpc) is 3.23. The number of carboxylic acids is 1. The van der Waals surface area contributed by atoms with Gasteiger partial charge in [0.25, 0.3) is 10.0 Å². The van der Waals surface area contributed by atoms with Crippen LogP contribution in [-0.4, -0.2) is 55.7 Å². The van der Waals surface area contributed by atoms with E-state index in [0.29, 0.717) is 40.9 Å². The Morgan fingerprint density at radius 3 is 2.57 bits per heavy atom. The van der Waals surface area contributed by atoms with Crippen molar-refractivity contribution in [1.82, 2.24) is 9.97 Å². The van der Waals surface area contributed by atoms with E-state index in [2.05, 4.69) is 20.0 Å². The van der Waals surface area contributed by atoms with Crippen LogP contribution in [0.2, 0.25) is 0 Å². The zero-order chi connectivity index (χ0) is 26.6. The van der Waals surface area contributed by atoms with Crippen molar-refractivity contribution >= 4 is 44.1 Å². The lowest BCUT2D eigenvalue weighted by molar-refractivity contribution is -0.117. The van der Waals surface area contributed by atoms with E-state index in [4.69, 9.17) is 14.6 Å². The number of amides is 1. The first kappa shape index (κ1) is 26.5. The number of ether oxygens (including phenoxy) is 2. The molecule has 1 fully saturated rings. The molecule has 13 heteroatoms. The van der Waals surface area contributed by atoms with Gasteiger partial charge in [0, 0.05) is 37.1 Å². The molecule has 1 amide bonds. The van der Waals surface area contributed by atoms with Gasteiger partial charge in [-0.1, -0.05) is 11.3 Å². The molecule has 4 rings (SSSR count). The lowest BCUT2D eigenvalue weighted by atomic mass is 9.96. The predicted octanol–water partition coefficient (Wildman–Crippen LogP) is 3.78. The lowest BCUT2D eigenvalue weighted by Crippen LogP contribution is -2.22. The third-order valence-electron chi connectivity index (χ3n) is 5.81. The molecule has 0 saturated carbocycles. The molecule has 3 heterocycles. The average molecular weight is 547 g/mol. The molecule has 2 aromatic heterocycles. The number of carbonyl (C=O) groups excluding carboxylic acids is 1. The largest absolute Gasteiger partial charge is 0.480 e. The molecule has 0 radical (unpaired) electrons. The third-order valence-corrected chi connectivity index (χ3v) is 8.30. The summed E-state index contributed by atoms with van der Waals surface area (Å²) in [5.74, 6) is -1.07. The number of aromatic carboxylic acids is 1. The van der Waals surface area contributed by atoms with Crippen molar-refractivity contribution in [2.75, 3.05) is 30.4 Å². The van der Waals surface area contributed by atoms with E-state index < -0.39 is 16.0 Å². The number of benzene rings is 1. The fourth-order valence-electron chi connectivity index (χ4n) is 3.89. The molecule has 1 aliphatic heterocycles. The van der Waals surface area contributed by atoms with Crippen LogP contribution < -0.4 is 14.8 Å². The maximum Gasteiger partial charge on any atom is 0.335 e. The SMILES string of the molecule is COc1ncc(-c2sc(NC(=O)CC3CCOCC3)nc2C)cc1S(=O)(=O)Nc1ccc(C(=O)O)cc1. The summed E-state index contributed by atoms with van der Waals surface area (Å²) in [6.45, 7) is 3.09. The van der Waals surface area contributed by atoms with E-state index in [9.17, 15) is 18.0 Å². The van der Waals surface area contributed by atoms with Crippen LogP contribution in [0.1, 0.15) is 35.3 Å². The van der Waals surface area contributed by atoms with Gasteiger partial charge >= 0.3 is 5.97 Å². The third kappa shape index (κ3) is 6.42. The molecule has 1 aliphatic rings. The Morgan fingerprint density at radius 1 is 1.22 bits per heavy atom. The zero-order valence-electron chi connectivity index (χ0n) is 20.2. The number of nitrogens with zero attached hydrogens (tertiary/aromatic N) is 2. The van der Waals surface area contributed by atoms with Gasteiger partial charge < -0.3 is 19.9 Å². The normalized spacial score (nSPS) is 14.2. The Hall–Kier alpha value is -3.55. The molecule has 37 heavy (non-hydrogen) atoms. The Balaban J connectivity index is 1.55. The second-order valence-electron chi connectivity index (χ2n) is 8.46. The van der Waals surface area contributed by atoms with Crippen LogP contribution in [0.5, 0.6) is 5.88 Å². The molecule has 0 spiro atoms. The molecule has 1 aromatic carbocycles. The molecule has 0 bridgehead atoms. The number of anilines is 2. The first-order valence-electron chi connectivity index (χ1n) is 11.4. The van der Waals surface area contributed by atoms with E-state index in [1.807, 2.05) is 0 Å². The molecule has 0 aliphatic carbocycles. The van der Waals surface area contributed by atoms with E-state index in [0.717, 1.165) is 12.8 Å². The summed E-state index contributed by atoms with van der Waals surface area (Å²) in [5, 5.41) is 12.3. The van der Waals surface area contributed by atoms with Crippen LogP contribution in [0, 0.1) is 12.8 Å². The topological polar surface area (TPSA) is 157 Å². The fourth-order valence-corrected chi connectivity index (χ4v) is 6.06. The Kier molecular flexibility index (Phi) is 8.05. The van der Waals surface area contributed by atoms with Crippen LogP contribution >= 0.6 is 11.3 Å². The van der Waals surface area contributed by atoms with Crippen molar-refractivity contribution in [2.24, 2.45) is 5.92 Å². The minimum Gasteiger partial charge on any atom is -0.480 e. The summed E-state index contributed by atoms with van der Waals surface area (Å²) in [7, 11) is -2.83.